The zero-order chi connectivity index (χ0) is 16.8. The van der Waals surface area contributed by atoms with Gasteiger partial charge in [0.15, 0.2) is 5.11 Å². The van der Waals surface area contributed by atoms with E-state index in [4.69, 9.17) is 22.7 Å². The van der Waals surface area contributed by atoms with Crippen LogP contribution < -0.4 is 21.1 Å². The van der Waals surface area contributed by atoms with Gasteiger partial charge in [0.25, 0.3) is 11.8 Å². The number of para-hydroxylation sites is 1. The highest BCUT2D eigenvalue weighted by Gasteiger charge is 2.11. The molecule has 7 heteroatoms. The number of amides is 2. The number of rotatable bonds is 4. The predicted octanol–water partition coefficient (Wildman–Crippen LogP) is 1.92. The number of anilines is 1. The smallest absolute Gasteiger partial charge is 0.257 e. The zero-order valence-electron chi connectivity index (χ0n) is 12.3. The van der Waals surface area contributed by atoms with Crippen LogP contribution in [0.15, 0.2) is 48.5 Å². The molecule has 2 amide bonds. The summed E-state index contributed by atoms with van der Waals surface area (Å²) in [5.41, 5.74) is 6.43. The van der Waals surface area contributed by atoms with Crippen molar-refractivity contribution in [1.82, 2.24) is 5.32 Å². The van der Waals surface area contributed by atoms with Gasteiger partial charge in [-0.3, -0.25) is 14.9 Å². The zero-order valence-corrected chi connectivity index (χ0v) is 13.1. The number of ether oxygens (including phenoxy) is 1. The topological polar surface area (TPSA) is 93.4 Å². The van der Waals surface area contributed by atoms with Crippen LogP contribution >= 0.6 is 12.2 Å². The monoisotopic (exact) mass is 329 g/mol. The molecule has 0 aromatic heterocycles. The molecule has 0 heterocycles. The van der Waals surface area contributed by atoms with E-state index in [9.17, 15) is 9.59 Å². The van der Waals surface area contributed by atoms with Crippen molar-refractivity contribution in [3.8, 4) is 5.75 Å². The highest BCUT2D eigenvalue weighted by molar-refractivity contribution is 7.80. The normalized spacial score (nSPS) is 9.78. The van der Waals surface area contributed by atoms with E-state index < -0.39 is 5.91 Å². The molecule has 0 aliphatic heterocycles. The van der Waals surface area contributed by atoms with Gasteiger partial charge in [0.2, 0.25) is 0 Å². The summed E-state index contributed by atoms with van der Waals surface area (Å²) >= 11 is 5.09. The molecule has 2 aromatic rings. The summed E-state index contributed by atoms with van der Waals surface area (Å²) in [4.78, 5) is 23.4. The molecular formula is C16H15N3O3S. The van der Waals surface area contributed by atoms with Crippen LogP contribution in [0.5, 0.6) is 5.75 Å². The van der Waals surface area contributed by atoms with Crippen LogP contribution in [-0.2, 0) is 0 Å². The number of carbonyl (C=O) groups is 2. The average molecular weight is 329 g/mol. The Bertz CT molecular complexity index is 744. The van der Waals surface area contributed by atoms with Crippen molar-refractivity contribution in [2.75, 3.05) is 12.4 Å². The minimum atomic E-state index is -0.586. The molecule has 2 aromatic carbocycles. The van der Waals surface area contributed by atoms with Crippen molar-refractivity contribution in [3.05, 3.63) is 59.7 Å². The number of primary amides is 1. The van der Waals surface area contributed by atoms with Gasteiger partial charge in [-0.15, -0.1) is 0 Å². The van der Waals surface area contributed by atoms with Crippen LogP contribution in [-0.4, -0.2) is 24.0 Å². The van der Waals surface area contributed by atoms with E-state index in [2.05, 4.69) is 10.6 Å². The Morgan fingerprint density at radius 2 is 1.74 bits per heavy atom. The molecule has 23 heavy (non-hydrogen) atoms. The van der Waals surface area contributed by atoms with Gasteiger partial charge in [-0.1, -0.05) is 12.1 Å². The van der Waals surface area contributed by atoms with Crippen molar-refractivity contribution in [3.63, 3.8) is 0 Å². The van der Waals surface area contributed by atoms with Crippen LogP contribution in [0.1, 0.15) is 20.7 Å². The molecule has 0 saturated heterocycles. The van der Waals surface area contributed by atoms with Crippen molar-refractivity contribution in [1.29, 1.82) is 0 Å². The third-order valence-corrected chi connectivity index (χ3v) is 3.22. The first-order valence-corrected chi connectivity index (χ1v) is 7.07. The highest BCUT2D eigenvalue weighted by atomic mass is 32.1. The summed E-state index contributed by atoms with van der Waals surface area (Å²) in [5, 5.41) is 5.39. The molecule has 118 valence electrons. The Balaban J connectivity index is 2.04. The van der Waals surface area contributed by atoms with Gasteiger partial charge in [-0.2, -0.15) is 0 Å². The quantitative estimate of drug-likeness (QED) is 0.745. The third-order valence-electron chi connectivity index (χ3n) is 3.02. The second kappa shape index (κ2) is 7.37. The first-order valence-electron chi connectivity index (χ1n) is 6.66. The summed E-state index contributed by atoms with van der Waals surface area (Å²) in [5.74, 6) is -0.309. The second-order valence-electron chi connectivity index (χ2n) is 4.55. The molecular weight excluding hydrogens is 314 g/mol. The van der Waals surface area contributed by atoms with E-state index in [0.717, 1.165) is 0 Å². The van der Waals surface area contributed by atoms with Crippen LogP contribution in [0.4, 0.5) is 5.69 Å². The highest BCUT2D eigenvalue weighted by Crippen LogP contribution is 2.14. The lowest BCUT2D eigenvalue weighted by atomic mass is 10.1. The lowest BCUT2D eigenvalue weighted by Gasteiger charge is -2.12. The molecule has 0 aliphatic rings. The largest absolute Gasteiger partial charge is 0.497 e. The maximum Gasteiger partial charge on any atom is 0.257 e. The van der Waals surface area contributed by atoms with Gasteiger partial charge in [-0.25, -0.2) is 0 Å². The number of benzene rings is 2. The number of nitrogens with two attached hydrogens (primary N) is 1. The van der Waals surface area contributed by atoms with Crippen LogP contribution in [0.25, 0.3) is 0 Å². The van der Waals surface area contributed by atoms with E-state index >= 15 is 0 Å². The fraction of sp³-hybridized carbons (Fsp3) is 0.0625. The Kier molecular flexibility index (Phi) is 5.27. The van der Waals surface area contributed by atoms with E-state index in [1.54, 1.807) is 55.6 Å². The molecule has 0 saturated carbocycles. The fourth-order valence-corrected chi connectivity index (χ4v) is 2.08. The number of thiocarbonyl (C=S) groups is 1. The molecule has 4 N–H and O–H groups in total. The minimum Gasteiger partial charge on any atom is -0.497 e. The van der Waals surface area contributed by atoms with Crippen molar-refractivity contribution >= 4 is 34.8 Å². The maximum atomic E-state index is 12.1. The second-order valence-corrected chi connectivity index (χ2v) is 4.95. The Morgan fingerprint density at radius 1 is 1.09 bits per heavy atom. The number of carbonyl (C=O) groups excluding carboxylic acids is 2. The fourth-order valence-electron chi connectivity index (χ4n) is 1.88. The molecule has 0 fully saturated rings. The number of hydrogen-bond donors (Lipinski definition) is 3. The molecule has 2 rings (SSSR count). The first kappa shape index (κ1) is 16.4. The van der Waals surface area contributed by atoms with E-state index in [-0.39, 0.29) is 16.6 Å². The van der Waals surface area contributed by atoms with E-state index in [1.165, 1.54) is 0 Å². The van der Waals surface area contributed by atoms with Crippen LogP contribution in [0, 0.1) is 0 Å². The maximum absolute atomic E-state index is 12.1. The summed E-state index contributed by atoms with van der Waals surface area (Å²) in [6, 6.07) is 13.2. The van der Waals surface area contributed by atoms with Crippen LogP contribution in [0.3, 0.4) is 0 Å². The first-order chi connectivity index (χ1) is 11.0. The summed E-state index contributed by atoms with van der Waals surface area (Å²) in [6.45, 7) is 0. The summed E-state index contributed by atoms with van der Waals surface area (Å²) in [6.07, 6.45) is 0. The Labute approximate surface area is 138 Å². The number of hydrogen-bond acceptors (Lipinski definition) is 4. The number of nitrogens with one attached hydrogen (secondary N) is 2. The van der Waals surface area contributed by atoms with E-state index in [0.29, 0.717) is 17.0 Å². The molecule has 0 bridgehead atoms. The standard InChI is InChI=1S/C16H15N3O3S/c1-22-11-8-6-10(7-9-11)15(21)19-16(23)18-13-5-3-2-4-12(13)14(17)20/h2-9H,1H3,(H2,17,20)(H2,18,19,21,23). The molecule has 0 atom stereocenters. The summed E-state index contributed by atoms with van der Waals surface area (Å²) < 4.78 is 5.03. The SMILES string of the molecule is COc1ccc(C(=O)NC(=S)Nc2ccccc2C(N)=O)cc1. The lowest BCUT2D eigenvalue weighted by molar-refractivity contribution is 0.0975. The Hall–Kier alpha value is -2.93. The van der Waals surface area contributed by atoms with Crippen molar-refractivity contribution < 1.29 is 14.3 Å². The van der Waals surface area contributed by atoms with Gasteiger partial charge < -0.3 is 15.8 Å². The van der Waals surface area contributed by atoms with Gasteiger partial charge in [0, 0.05) is 5.56 Å². The van der Waals surface area contributed by atoms with Gasteiger partial charge in [-0.05, 0) is 48.6 Å². The van der Waals surface area contributed by atoms with E-state index in [1.807, 2.05) is 0 Å². The molecule has 0 radical (unpaired) electrons. The molecule has 6 nitrogen and oxygen atoms in total. The van der Waals surface area contributed by atoms with Gasteiger partial charge in [0.1, 0.15) is 5.75 Å². The Morgan fingerprint density at radius 3 is 2.35 bits per heavy atom. The predicted molar refractivity (Wildman–Crippen MR) is 91.6 cm³/mol. The lowest BCUT2D eigenvalue weighted by Crippen LogP contribution is -2.34. The van der Waals surface area contributed by atoms with Gasteiger partial charge >= 0.3 is 0 Å². The minimum absolute atomic E-state index is 0.0690. The number of methoxy groups -OCH3 is 1. The average Bonchev–Trinajstić information content (AvgIpc) is 2.55. The summed E-state index contributed by atoms with van der Waals surface area (Å²) in [7, 11) is 1.55. The van der Waals surface area contributed by atoms with Crippen molar-refractivity contribution in [2.45, 2.75) is 0 Å². The van der Waals surface area contributed by atoms with Gasteiger partial charge in [0.05, 0.1) is 18.4 Å². The van der Waals surface area contributed by atoms with Crippen LogP contribution in [0.2, 0.25) is 0 Å². The molecule has 0 aliphatic carbocycles. The molecule has 0 unspecified atom stereocenters. The third kappa shape index (κ3) is 4.27. The molecule has 0 spiro atoms. The van der Waals surface area contributed by atoms with Crippen molar-refractivity contribution in [2.24, 2.45) is 5.73 Å².